The van der Waals surface area contributed by atoms with Crippen molar-refractivity contribution in [1.29, 1.82) is 0 Å². The Bertz CT molecular complexity index is 608. The van der Waals surface area contributed by atoms with E-state index < -0.39 is 0 Å². The van der Waals surface area contributed by atoms with Crippen molar-refractivity contribution >= 4 is 23.6 Å². The van der Waals surface area contributed by atoms with Crippen molar-refractivity contribution in [3.63, 3.8) is 0 Å². The van der Waals surface area contributed by atoms with E-state index in [9.17, 15) is 9.59 Å². The minimum Gasteiger partial charge on any atom is -0.378 e. The van der Waals surface area contributed by atoms with Crippen LogP contribution in [0.25, 0.3) is 0 Å². The Balaban J connectivity index is 1.37. The van der Waals surface area contributed by atoms with Crippen molar-refractivity contribution in [2.24, 2.45) is 0 Å². The monoisotopic (exact) mass is 391 g/mol. The minimum absolute atomic E-state index is 0.112. The molecule has 27 heavy (non-hydrogen) atoms. The summed E-state index contributed by atoms with van der Waals surface area (Å²) < 4.78 is 5.26. The minimum atomic E-state index is 0.112. The number of morpholine rings is 1. The number of amides is 2. The van der Waals surface area contributed by atoms with Crippen LogP contribution in [0.5, 0.6) is 0 Å². The number of ether oxygens (including phenoxy) is 1. The summed E-state index contributed by atoms with van der Waals surface area (Å²) in [4.78, 5) is 30.9. The van der Waals surface area contributed by atoms with E-state index >= 15 is 0 Å². The number of hydrogen-bond acceptors (Lipinski definition) is 5. The van der Waals surface area contributed by atoms with Gasteiger partial charge in [0.2, 0.25) is 11.8 Å². The van der Waals surface area contributed by atoms with Crippen LogP contribution in [0.3, 0.4) is 0 Å². The molecule has 2 aliphatic heterocycles. The lowest BCUT2D eigenvalue weighted by Gasteiger charge is -2.27. The first-order valence-corrected chi connectivity index (χ1v) is 10.8. The molecule has 7 heteroatoms. The van der Waals surface area contributed by atoms with Gasteiger partial charge in [-0.25, -0.2) is 0 Å². The van der Waals surface area contributed by atoms with Crippen molar-refractivity contribution in [3.05, 3.63) is 35.9 Å². The molecular weight excluding hydrogens is 362 g/mol. The van der Waals surface area contributed by atoms with E-state index in [1.165, 1.54) is 17.3 Å². The molecule has 0 saturated carbocycles. The summed E-state index contributed by atoms with van der Waals surface area (Å²) in [5.41, 5.74) is 1.31. The van der Waals surface area contributed by atoms with Crippen LogP contribution in [0.15, 0.2) is 30.3 Å². The summed E-state index contributed by atoms with van der Waals surface area (Å²) in [5.74, 6) is 1.02. The third kappa shape index (κ3) is 6.52. The molecule has 1 aromatic carbocycles. The Labute approximate surface area is 165 Å². The van der Waals surface area contributed by atoms with Crippen molar-refractivity contribution in [2.45, 2.75) is 13.0 Å². The van der Waals surface area contributed by atoms with Crippen LogP contribution in [0.4, 0.5) is 0 Å². The zero-order chi connectivity index (χ0) is 18.9. The molecule has 0 N–H and O–H groups in total. The van der Waals surface area contributed by atoms with Gasteiger partial charge in [0.05, 0.1) is 24.7 Å². The summed E-state index contributed by atoms with van der Waals surface area (Å²) in [6.07, 6.45) is 0.996. The fourth-order valence-corrected chi connectivity index (χ4v) is 4.26. The molecule has 3 rings (SSSR count). The van der Waals surface area contributed by atoms with Gasteiger partial charge in [-0.05, 0) is 12.0 Å². The second-order valence-corrected chi connectivity index (χ2v) is 7.97. The van der Waals surface area contributed by atoms with E-state index in [1.54, 1.807) is 0 Å². The van der Waals surface area contributed by atoms with E-state index in [-0.39, 0.29) is 11.8 Å². The van der Waals surface area contributed by atoms with Crippen molar-refractivity contribution in [3.8, 4) is 0 Å². The molecular formula is C20H29N3O3S. The molecule has 0 aliphatic carbocycles. The number of carbonyl (C=O) groups excluding carboxylic acids is 2. The van der Waals surface area contributed by atoms with E-state index in [0.29, 0.717) is 37.8 Å². The summed E-state index contributed by atoms with van der Waals surface area (Å²) in [6, 6.07) is 10.5. The van der Waals surface area contributed by atoms with Crippen LogP contribution >= 0.6 is 11.8 Å². The maximum absolute atomic E-state index is 12.5. The first kappa shape index (κ1) is 20.2. The van der Waals surface area contributed by atoms with Crippen LogP contribution in [-0.2, 0) is 20.9 Å². The molecule has 0 aromatic heterocycles. The quantitative estimate of drug-likeness (QED) is 0.732. The molecule has 1 aromatic rings. The third-order valence-electron chi connectivity index (χ3n) is 5.01. The summed E-state index contributed by atoms with van der Waals surface area (Å²) >= 11 is 1.43. The van der Waals surface area contributed by atoms with Crippen LogP contribution in [0, 0.1) is 0 Å². The molecule has 0 spiro atoms. The van der Waals surface area contributed by atoms with Gasteiger partial charge in [0, 0.05) is 45.8 Å². The van der Waals surface area contributed by atoms with Gasteiger partial charge in [0.1, 0.15) is 0 Å². The van der Waals surface area contributed by atoms with E-state index in [0.717, 1.165) is 39.1 Å². The largest absolute Gasteiger partial charge is 0.378 e. The number of thioether (sulfide) groups is 1. The SMILES string of the molecule is O=C(CSCC(=O)N1CCCN(Cc2ccccc2)CC1)N1CCOCC1. The van der Waals surface area contributed by atoms with Gasteiger partial charge in [0.15, 0.2) is 0 Å². The lowest BCUT2D eigenvalue weighted by Crippen LogP contribution is -2.42. The van der Waals surface area contributed by atoms with Crippen molar-refractivity contribution in [1.82, 2.24) is 14.7 Å². The molecule has 2 fully saturated rings. The lowest BCUT2D eigenvalue weighted by molar-refractivity contribution is -0.132. The summed E-state index contributed by atoms with van der Waals surface area (Å²) in [5, 5.41) is 0. The number of carbonyl (C=O) groups is 2. The Morgan fingerprint density at radius 1 is 0.852 bits per heavy atom. The molecule has 0 unspecified atom stereocenters. The predicted molar refractivity (Wildman–Crippen MR) is 108 cm³/mol. The number of rotatable bonds is 6. The van der Waals surface area contributed by atoms with Gasteiger partial charge < -0.3 is 14.5 Å². The van der Waals surface area contributed by atoms with Crippen LogP contribution in [0.2, 0.25) is 0 Å². The highest BCUT2D eigenvalue weighted by molar-refractivity contribution is 8.00. The molecule has 0 atom stereocenters. The first-order valence-electron chi connectivity index (χ1n) is 9.70. The highest BCUT2D eigenvalue weighted by atomic mass is 32.2. The highest BCUT2D eigenvalue weighted by Crippen LogP contribution is 2.11. The van der Waals surface area contributed by atoms with Gasteiger partial charge >= 0.3 is 0 Å². The fourth-order valence-electron chi connectivity index (χ4n) is 3.44. The Kier molecular flexibility index (Phi) is 7.98. The highest BCUT2D eigenvalue weighted by Gasteiger charge is 2.21. The second-order valence-electron chi connectivity index (χ2n) is 6.98. The van der Waals surface area contributed by atoms with E-state index in [1.807, 2.05) is 15.9 Å². The average molecular weight is 392 g/mol. The Morgan fingerprint density at radius 2 is 1.52 bits per heavy atom. The molecule has 2 amide bonds. The molecule has 2 heterocycles. The topological polar surface area (TPSA) is 53.1 Å². The lowest BCUT2D eigenvalue weighted by atomic mass is 10.2. The van der Waals surface area contributed by atoms with Gasteiger partial charge in [0.25, 0.3) is 0 Å². The molecule has 148 valence electrons. The van der Waals surface area contributed by atoms with Crippen molar-refractivity contribution in [2.75, 3.05) is 64.0 Å². The average Bonchev–Trinajstić information content (AvgIpc) is 2.95. The maximum Gasteiger partial charge on any atom is 0.232 e. The van der Waals surface area contributed by atoms with Gasteiger partial charge in [-0.1, -0.05) is 30.3 Å². The second kappa shape index (κ2) is 10.7. The number of hydrogen-bond donors (Lipinski definition) is 0. The molecule has 2 saturated heterocycles. The normalized spacial score (nSPS) is 19.0. The zero-order valence-electron chi connectivity index (χ0n) is 15.8. The maximum atomic E-state index is 12.5. The molecule has 2 aliphatic rings. The molecule has 0 bridgehead atoms. The summed E-state index contributed by atoms with van der Waals surface area (Å²) in [6.45, 7) is 6.98. The fraction of sp³-hybridized carbons (Fsp3) is 0.600. The summed E-state index contributed by atoms with van der Waals surface area (Å²) in [7, 11) is 0. The predicted octanol–water partition coefficient (Wildman–Crippen LogP) is 1.31. The molecule has 0 radical (unpaired) electrons. The van der Waals surface area contributed by atoms with Crippen molar-refractivity contribution < 1.29 is 14.3 Å². The first-order chi connectivity index (χ1) is 13.2. The van der Waals surface area contributed by atoms with E-state index in [4.69, 9.17) is 4.74 Å². The van der Waals surface area contributed by atoms with Gasteiger partial charge in [-0.2, -0.15) is 0 Å². The molecule has 6 nitrogen and oxygen atoms in total. The zero-order valence-corrected chi connectivity index (χ0v) is 16.7. The third-order valence-corrected chi connectivity index (χ3v) is 5.91. The number of benzene rings is 1. The Morgan fingerprint density at radius 3 is 2.22 bits per heavy atom. The standard InChI is InChI=1S/C20H29N3O3S/c24-19(16-27-17-20(25)23-11-13-26-14-12-23)22-8-4-7-21(9-10-22)15-18-5-2-1-3-6-18/h1-3,5-6H,4,7-17H2. The van der Waals surface area contributed by atoms with Crippen LogP contribution in [0.1, 0.15) is 12.0 Å². The van der Waals surface area contributed by atoms with E-state index in [2.05, 4.69) is 29.2 Å². The van der Waals surface area contributed by atoms with Crippen LogP contribution < -0.4 is 0 Å². The van der Waals surface area contributed by atoms with Crippen LogP contribution in [-0.4, -0.2) is 90.5 Å². The Hall–Kier alpha value is -1.57. The number of nitrogens with zero attached hydrogens (tertiary/aromatic N) is 3. The van der Waals surface area contributed by atoms with Gasteiger partial charge in [-0.15, -0.1) is 11.8 Å². The van der Waals surface area contributed by atoms with Gasteiger partial charge in [-0.3, -0.25) is 14.5 Å². The smallest absolute Gasteiger partial charge is 0.232 e.